The first kappa shape index (κ1) is 8.97. The summed E-state index contributed by atoms with van der Waals surface area (Å²) in [6, 6.07) is 0.806. The van der Waals surface area contributed by atoms with Crippen molar-refractivity contribution in [3.63, 3.8) is 0 Å². The standard InChI is InChI=1S/C8H18N2O/c1-6(2)10-4-7(9-3)8(11)5-10/h6-9,11H,4-5H2,1-3H3. The Balaban J connectivity index is 2.43. The van der Waals surface area contributed by atoms with Crippen molar-refractivity contribution in [2.24, 2.45) is 0 Å². The average molecular weight is 158 g/mol. The van der Waals surface area contributed by atoms with Crippen molar-refractivity contribution in [1.82, 2.24) is 10.2 Å². The SMILES string of the molecule is CNC1CN(C(C)C)CC1O. The second-order valence-electron chi connectivity index (χ2n) is 3.51. The number of nitrogens with one attached hydrogen (secondary N) is 1. The molecule has 3 heteroatoms. The summed E-state index contributed by atoms with van der Waals surface area (Å²) in [6.45, 7) is 6.09. The molecule has 3 nitrogen and oxygen atoms in total. The minimum atomic E-state index is -0.192. The van der Waals surface area contributed by atoms with Crippen LogP contribution in [0.5, 0.6) is 0 Å². The molecule has 1 rings (SSSR count). The van der Waals surface area contributed by atoms with Crippen molar-refractivity contribution in [3.05, 3.63) is 0 Å². The van der Waals surface area contributed by atoms with Crippen LogP contribution in [0.2, 0.25) is 0 Å². The van der Waals surface area contributed by atoms with Crippen LogP contribution in [0.1, 0.15) is 13.8 Å². The van der Waals surface area contributed by atoms with Crippen molar-refractivity contribution in [2.75, 3.05) is 20.1 Å². The van der Waals surface area contributed by atoms with Gasteiger partial charge in [-0.05, 0) is 20.9 Å². The largest absolute Gasteiger partial charge is 0.390 e. The fourth-order valence-corrected chi connectivity index (χ4v) is 1.52. The van der Waals surface area contributed by atoms with Crippen LogP contribution in [0.4, 0.5) is 0 Å². The van der Waals surface area contributed by atoms with Crippen molar-refractivity contribution in [2.45, 2.75) is 32.0 Å². The Morgan fingerprint density at radius 3 is 2.36 bits per heavy atom. The lowest BCUT2D eigenvalue weighted by atomic mass is 10.2. The number of aliphatic hydroxyl groups excluding tert-OH is 1. The third kappa shape index (κ3) is 1.92. The first-order chi connectivity index (χ1) is 5.15. The molecule has 0 aromatic rings. The second-order valence-corrected chi connectivity index (χ2v) is 3.51. The monoisotopic (exact) mass is 158 g/mol. The molecule has 0 radical (unpaired) electrons. The molecule has 2 N–H and O–H groups in total. The Morgan fingerprint density at radius 2 is 2.09 bits per heavy atom. The number of likely N-dealkylation sites (N-methyl/N-ethyl adjacent to an activating group) is 1. The third-order valence-corrected chi connectivity index (χ3v) is 2.42. The smallest absolute Gasteiger partial charge is 0.0832 e. The lowest BCUT2D eigenvalue weighted by Crippen LogP contribution is -2.36. The zero-order valence-electron chi connectivity index (χ0n) is 7.54. The van der Waals surface area contributed by atoms with Gasteiger partial charge in [-0.2, -0.15) is 0 Å². The number of aliphatic hydroxyl groups is 1. The molecule has 0 saturated carbocycles. The van der Waals surface area contributed by atoms with Crippen LogP contribution in [-0.4, -0.2) is 48.3 Å². The highest BCUT2D eigenvalue weighted by molar-refractivity contribution is 4.89. The van der Waals surface area contributed by atoms with E-state index in [2.05, 4.69) is 24.1 Å². The zero-order valence-corrected chi connectivity index (χ0v) is 7.54. The Kier molecular flexibility index (Phi) is 2.87. The molecule has 0 spiro atoms. The van der Waals surface area contributed by atoms with Gasteiger partial charge in [-0.25, -0.2) is 0 Å². The summed E-state index contributed by atoms with van der Waals surface area (Å²) in [5.41, 5.74) is 0. The molecule has 0 aromatic heterocycles. The van der Waals surface area contributed by atoms with Crippen LogP contribution in [-0.2, 0) is 0 Å². The van der Waals surface area contributed by atoms with E-state index in [1.807, 2.05) is 7.05 Å². The maximum atomic E-state index is 9.50. The van der Waals surface area contributed by atoms with Crippen molar-refractivity contribution >= 4 is 0 Å². The van der Waals surface area contributed by atoms with Gasteiger partial charge in [-0.3, -0.25) is 4.90 Å². The normalized spacial score (nSPS) is 33.5. The summed E-state index contributed by atoms with van der Waals surface area (Å²) in [7, 11) is 1.90. The van der Waals surface area contributed by atoms with E-state index in [0.29, 0.717) is 6.04 Å². The van der Waals surface area contributed by atoms with E-state index in [1.54, 1.807) is 0 Å². The fraction of sp³-hybridized carbons (Fsp3) is 1.00. The van der Waals surface area contributed by atoms with Crippen molar-refractivity contribution < 1.29 is 5.11 Å². The van der Waals surface area contributed by atoms with E-state index in [4.69, 9.17) is 0 Å². The van der Waals surface area contributed by atoms with E-state index < -0.39 is 0 Å². The molecule has 1 aliphatic heterocycles. The average Bonchev–Trinajstić information content (AvgIpc) is 2.31. The van der Waals surface area contributed by atoms with Gasteiger partial charge in [0, 0.05) is 25.2 Å². The van der Waals surface area contributed by atoms with Gasteiger partial charge in [-0.1, -0.05) is 0 Å². The number of likely N-dealkylation sites (tertiary alicyclic amines) is 1. The molecule has 2 atom stereocenters. The highest BCUT2D eigenvalue weighted by Crippen LogP contribution is 2.12. The highest BCUT2D eigenvalue weighted by Gasteiger charge is 2.30. The Hall–Kier alpha value is -0.120. The first-order valence-corrected chi connectivity index (χ1v) is 4.24. The maximum absolute atomic E-state index is 9.50. The van der Waals surface area contributed by atoms with Crippen LogP contribution in [0, 0.1) is 0 Å². The minimum absolute atomic E-state index is 0.192. The summed E-state index contributed by atoms with van der Waals surface area (Å²) in [5.74, 6) is 0. The fourth-order valence-electron chi connectivity index (χ4n) is 1.52. The van der Waals surface area contributed by atoms with Gasteiger partial charge in [0.2, 0.25) is 0 Å². The van der Waals surface area contributed by atoms with Gasteiger partial charge in [0.1, 0.15) is 0 Å². The molecular weight excluding hydrogens is 140 g/mol. The number of rotatable bonds is 2. The van der Waals surface area contributed by atoms with E-state index in [1.165, 1.54) is 0 Å². The van der Waals surface area contributed by atoms with E-state index in [0.717, 1.165) is 13.1 Å². The number of hydrogen-bond acceptors (Lipinski definition) is 3. The summed E-state index contributed by atoms with van der Waals surface area (Å²) in [4.78, 5) is 2.28. The molecule has 1 fully saturated rings. The lowest BCUT2D eigenvalue weighted by Gasteiger charge is -2.19. The maximum Gasteiger partial charge on any atom is 0.0832 e. The highest BCUT2D eigenvalue weighted by atomic mass is 16.3. The predicted octanol–water partition coefficient (Wildman–Crippen LogP) is -0.341. The molecule has 1 saturated heterocycles. The Bertz CT molecular complexity index is 127. The molecule has 66 valence electrons. The molecule has 0 aliphatic carbocycles. The van der Waals surface area contributed by atoms with Gasteiger partial charge >= 0.3 is 0 Å². The number of β-amino-alcohol motifs (C(OH)–C–C–N with tert-alkyl or cyclic N) is 1. The third-order valence-electron chi connectivity index (χ3n) is 2.42. The summed E-state index contributed by atoms with van der Waals surface area (Å²) < 4.78 is 0. The van der Waals surface area contributed by atoms with Gasteiger partial charge in [-0.15, -0.1) is 0 Å². The topological polar surface area (TPSA) is 35.5 Å². The van der Waals surface area contributed by atoms with Crippen LogP contribution in [0.15, 0.2) is 0 Å². The summed E-state index contributed by atoms with van der Waals surface area (Å²) in [5, 5.41) is 12.6. The van der Waals surface area contributed by atoms with Crippen molar-refractivity contribution in [1.29, 1.82) is 0 Å². The van der Waals surface area contributed by atoms with E-state index >= 15 is 0 Å². The predicted molar refractivity (Wildman–Crippen MR) is 45.6 cm³/mol. The summed E-state index contributed by atoms with van der Waals surface area (Å²) in [6.07, 6.45) is -0.192. The second kappa shape index (κ2) is 3.52. The van der Waals surface area contributed by atoms with Crippen LogP contribution >= 0.6 is 0 Å². The van der Waals surface area contributed by atoms with E-state index in [-0.39, 0.29) is 12.1 Å². The lowest BCUT2D eigenvalue weighted by molar-refractivity contribution is 0.151. The molecule has 11 heavy (non-hydrogen) atoms. The van der Waals surface area contributed by atoms with Crippen LogP contribution < -0.4 is 5.32 Å². The minimum Gasteiger partial charge on any atom is -0.390 e. The quantitative estimate of drug-likeness (QED) is 0.577. The zero-order chi connectivity index (χ0) is 8.43. The van der Waals surface area contributed by atoms with E-state index in [9.17, 15) is 5.11 Å². The summed E-state index contributed by atoms with van der Waals surface area (Å²) >= 11 is 0. The Labute approximate surface area is 68.4 Å². The molecule has 1 heterocycles. The van der Waals surface area contributed by atoms with Crippen molar-refractivity contribution in [3.8, 4) is 0 Å². The first-order valence-electron chi connectivity index (χ1n) is 4.24. The molecule has 1 aliphatic rings. The van der Waals surface area contributed by atoms with Gasteiger partial charge in [0.15, 0.2) is 0 Å². The van der Waals surface area contributed by atoms with Gasteiger partial charge < -0.3 is 10.4 Å². The molecular formula is C8H18N2O. The number of hydrogen-bond donors (Lipinski definition) is 2. The molecule has 0 amide bonds. The molecule has 0 aromatic carbocycles. The number of nitrogens with zero attached hydrogens (tertiary/aromatic N) is 1. The van der Waals surface area contributed by atoms with Crippen LogP contribution in [0.25, 0.3) is 0 Å². The van der Waals surface area contributed by atoms with Crippen LogP contribution in [0.3, 0.4) is 0 Å². The van der Waals surface area contributed by atoms with Gasteiger partial charge in [0.25, 0.3) is 0 Å². The Morgan fingerprint density at radius 1 is 1.45 bits per heavy atom. The molecule has 0 bridgehead atoms. The molecule has 2 unspecified atom stereocenters. The van der Waals surface area contributed by atoms with Gasteiger partial charge in [0.05, 0.1) is 6.10 Å².